The molecule has 0 aromatic rings. The summed E-state index contributed by atoms with van der Waals surface area (Å²) in [6.07, 6.45) is 1.17. The Morgan fingerprint density at radius 1 is 1.28 bits per heavy atom. The van der Waals surface area contributed by atoms with E-state index in [0.29, 0.717) is 17.4 Å². The molecule has 0 amide bonds. The Kier molecular flexibility index (Phi) is 9.94. The second kappa shape index (κ2) is 9.16. The summed E-state index contributed by atoms with van der Waals surface area (Å²) in [6.45, 7) is 2.45. The summed E-state index contributed by atoms with van der Waals surface area (Å²) >= 11 is 0. The molecule has 0 bridgehead atoms. The van der Waals surface area contributed by atoms with Gasteiger partial charge in [-0.1, -0.05) is 13.3 Å². The lowest BCUT2D eigenvalue weighted by molar-refractivity contribution is -0.873. The van der Waals surface area contributed by atoms with E-state index in [2.05, 4.69) is 0 Å². The number of carboxylic acids is 1. The number of ether oxygens (including phenoxy) is 1. The predicted octanol–water partition coefficient (Wildman–Crippen LogP) is -3.06. The van der Waals surface area contributed by atoms with Crippen LogP contribution in [0.25, 0.3) is 0 Å². The zero-order valence-corrected chi connectivity index (χ0v) is 12.3. The van der Waals surface area contributed by atoms with Gasteiger partial charge in [-0.25, -0.2) is 0 Å². The molecule has 0 N–H and O–H groups in total. The zero-order chi connectivity index (χ0) is 13.5. The molecule has 0 radical (unpaired) electrons. The summed E-state index contributed by atoms with van der Waals surface area (Å²) in [7, 11) is 5.76. The third kappa shape index (κ3) is 11.7. The molecule has 0 spiro atoms. The predicted molar refractivity (Wildman–Crippen MR) is 61.9 cm³/mol. The molecule has 0 saturated carbocycles. The lowest BCUT2D eigenvalue weighted by atomic mass is 10.2. The van der Waals surface area contributed by atoms with Crippen molar-refractivity contribution in [1.29, 1.82) is 0 Å². The normalized spacial score (nSPS) is 12.4. The number of likely N-dealkylation sites (N-methyl/N-ethyl adjacent to an activating group) is 1. The second-order valence-electron chi connectivity index (χ2n) is 5.26. The van der Waals surface area contributed by atoms with E-state index in [4.69, 9.17) is 4.74 Å². The molecular weight excluding hydrogens is 258 g/mol. The van der Waals surface area contributed by atoms with Crippen LogP contribution in [0.15, 0.2) is 0 Å². The monoisotopic (exact) mass is 280 g/mol. The molecule has 0 aliphatic heterocycles. The SMILES string of the molecule is CCCCC(=O)O[C@H](CC(=O)[O-])C[N+](C)(C)C.[Cl-]. The van der Waals surface area contributed by atoms with Gasteiger partial charge in [0.1, 0.15) is 6.54 Å². The maximum atomic E-state index is 11.4. The molecule has 6 heteroatoms. The Morgan fingerprint density at radius 2 is 1.83 bits per heavy atom. The van der Waals surface area contributed by atoms with E-state index in [-0.39, 0.29) is 24.8 Å². The Balaban J connectivity index is 0. The van der Waals surface area contributed by atoms with E-state index >= 15 is 0 Å². The highest BCUT2D eigenvalue weighted by molar-refractivity contribution is 5.70. The molecule has 0 fully saturated rings. The highest BCUT2D eigenvalue weighted by Gasteiger charge is 2.22. The second-order valence-corrected chi connectivity index (χ2v) is 5.26. The van der Waals surface area contributed by atoms with Crippen molar-refractivity contribution < 1.29 is 36.3 Å². The summed E-state index contributed by atoms with van der Waals surface area (Å²) in [4.78, 5) is 22.0. The number of halogens is 1. The highest BCUT2D eigenvalue weighted by Crippen LogP contribution is 2.07. The largest absolute Gasteiger partial charge is 1.00 e. The molecule has 0 saturated heterocycles. The number of hydrogen-bond acceptors (Lipinski definition) is 4. The minimum atomic E-state index is -1.19. The van der Waals surface area contributed by atoms with Crippen molar-refractivity contribution in [2.24, 2.45) is 0 Å². The minimum absolute atomic E-state index is 0. The highest BCUT2D eigenvalue weighted by atomic mass is 35.5. The van der Waals surface area contributed by atoms with Gasteiger partial charge in [0.05, 0.1) is 21.1 Å². The number of unbranched alkanes of at least 4 members (excludes halogenated alkanes) is 1. The van der Waals surface area contributed by atoms with E-state index in [1.165, 1.54) is 0 Å². The maximum Gasteiger partial charge on any atom is 0.306 e. The van der Waals surface area contributed by atoms with E-state index < -0.39 is 12.1 Å². The van der Waals surface area contributed by atoms with Crippen LogP contribution in [0.4, 0.5) is 0 Å². The van der Waals surface area contributed by atoms with Gasteiger partial charge < -0.3 is 31.5 Å². The number of rotatable bonds is 8. The number of carbonyl (C=O) groups excluding carboxylic acids is 2. The average Bonchev–Trinajstić information content (AvgIpc) is 2.10. The topological polar surface area (TPSA) is 66.4 Å². The number of aliphatic carboxylic acids is 1. The summed E-state index contributed by atoms with van der Waals surface area (Å²) < 4.78 is 5.70. The van der Waals surface area contributed by atoms with Crippen molar-refractivity contribution in [2.75, 3.05) is 27.7 Å². The fourth-order valence-electron chi connectivity index (χ4n) is 1.51. The van der Waals surface area contributed by atoms with Gasteiger partial charge in [-0.2, -0.15) is 0 Å². The van der Waals surface area contributed by atoms with Gasteiger partial charge in [0.25, 0.3) is 0 Å². The first-order chi connectivity index (χ1) is 7.74. The minimum Gasteiger partial charge on any atom is -1.00 e. The maximum absolute atomic E-state index is 11.4. The van der Waals surface area contributed by atoms with E-state index in [1.54, 1.807) is 0 Å². The molecule has 0 aliphatic rings. The van der Waals surface area contributed by atoms with Gasteiger partial charge in [0.2, 0.25) is 0 Å². The van der Waals surface area contributed by atoms with Crippen LogP contribution in [0, 0.1) is 0 Å². The molecular formula is C12H23ClNO4-. The molecule has 0 aromatic carbocycles. The van der Waals surface area contributed by atoms with Gasteiger partial charge in [0.15, 0.2) is 6.10 Å². The Hall–Kier alpha value is -0.810. The Bertz CT molecular complexity index is 263. The van der Waals surface area contributed by atoms with Gasteiger partial charge in [0, 0.05) is 18.8 Å². The van der Waals surface area contributed by atoms with Crippen LogP contribution in [0.5, 0.6) is 0 Å². The molecule has 18 heavy (non-hydrogen) atoms. The van der Waals surface area contributed by atoms with Gasteiger partial charge in [-0.05, 0) is 6.42 Å². The molecule has 108 valence electrons. The van der Waals surface area contributed by atoms with Gasteiger partial charge in [-0.15, -0.1) is 0 Å². The number of carboxylic acid groups (broad SMARTS) is 1. The molecule has 0 heterocycles. The third-order valence-electron chi connectivity index (χ3n) is 2.18. The zero-order valence-electron chi connectivity index (χ0n) is 11.6. The number of hydrogen-bond donors (Lipinski definition) is 0. The van der Waals surface area contributed by atoms with E-state index in [9.17, 15) is 14.7 Å². The third-order valence-corrected chi connectivity index (χ3v) is 2.18. The lowest BCUT2D eigenvalue weighted by Crippen LogP contribution is -3.00. The van der Waals surface area contributed by atoms with Crippen molar-refractivity contribution in [2.45, 2.75) is 38.7 Å². The fourth-order valence-corrected chi connectivity index (χ4v) is 1.51. The lowest BCUT2D eigenvalue weighted by Gasteiger charge is -2.29. The Morgan fingerprint density at radius 3 is 2.22 bits per heavy atom. The van der Waals surface area contributed by atoms with E-state index in [0.717, 1.165) is 12.8 Å². The van der Waals surface area contributed by atoms with Crippen LogP contribution in [-0.2, 0) is 14.3 Å². The average molecular weight is 281 g/mol. The van der Waals surface area contributed by atoms with Crippen LogP contribution in [0.2, 0.25) is 0 Å². The molecule has 0 aromatic heterocycles. The van der Waals surface area contributed by atoms with Crippen molar-refractivity contribution in [3.05, 3.63) is 0 Å². The summed E-state index contributed by atoms with van der Waals surface area (Å²) in [5, 5.41) is 10.6. The molecule has 1 atom stereocenters. The fraction of sp³-hybridized carbons (Fsp3) is 0.833. The first-order valence-electron chi connectivity index (χ1n) is 5.94. The summed E-state index contributed by atoms with van der Waals surface area (Å²) in [6, 6.07) is 0. The number of nitrogens with zero attached hydrogens (tertiary/aromatic N) is 1. The van der Waals surface area contributed by atoms with Crippen molar-refractivity contribution >= 4 is 11.9 Å². The van der Waals surface area contributed by atoms with Gasteiger partial charge >= 0.3 is 5.97 Å². The number of carbonyl (C=O) groups is 2. The molecule has 0 unspecified atom stereocenters. The van der Waals surface area contributed by atoms with Crippen LogP contribution < -0.4 is 17.5 Å². The van der Waals surface area contributed by atoms with Crippen molar-refractivity contribution in [3.63, 3.8) is 0 Å². The Labute approximate surface area is 115 Å². The standard InChI is InChI=1S/C12H23NO4.ClH/c1-5-6-7-12(16)17-10(8-11(14)15)9-13(2,3)4;/h10H,5-9H2,1-4H3;1H/p-1/t10-;/m1./s1. The summed E-state index contributed by atoms with van der Waals surface area (Å²) in [5.74, 6) is -1.52. The van der Waals surface area contributed by atoms with Crippen molar-refractivity contribution in [1.82, 2.24) is 0 Å². The van der Waals surface area contributed by atoms with Crippen LogP contribution in [0.1, 0.15) is 32.6 Å². The molecule has 0 aliphatic carbocycles. The first-order valence-corrected chi connectivity index (χ1v) is 5.94. The number of quaternary nitrogens is 1. The quantitative estimate of drug-likeness (QED) is 0.350. The van der Waals surface area contributed by atoms with Crippen LogP contribution >= 0.6 is 0 Å². The van der Waals surface area contributed by atoms with E-state index in [1.807, 2.05) is 28.1 Å². The smallest absolute Gasteiger partial charge is 0.306 e. The van der Waals surface area contributed by atoms with Crippen LogP contribution in [0.3, 0.4) is 0 Å². The molecule has 5 nitrogen and oxygen atoms in total. The summed E-state index contributed by atoms with van der Waals surface area (Å²) in [5.41, 5.74) is 0. The van der Waals surface area contributed by atoms with Gasteiger partial charge in [-0.3, -0.25) is 4.79 Å². The molecule has 0 rings (SSSR count). The van der Waals surface area contributed by atoms with Crippen LogP contribution in [-0.4, -0.2) is 50.2 Å². The first kappa shape index (κ1) is 19.5. The van der Waals surface area contributed by atoms with Crippen molar-refractivity contribution in [3.8, 4) is 0 Å². The number of esters is 1.